The Hall–Kier alpha value is 0.797. The van der Waals surface area contributed by atoms with Crippen molar-refractivity contribution in [3.63, 3.8) is 0 Å². The molecule has 0 aliphatic heterocycles. The zero-order chi connectivity index (χ0) is 13.7. The first-order valence-electron chi connectivity index (χ1n) is 6.37. The fourth-order valence-corrected chi connectivity index (χ4v) is 3.48. The maximum absolute atomic E-state index is 12.9. The van der Waals surface area contributed by atoms with Gasteiger partial charge in [-0.3, -0.25) is 0 Å². The summed E-state index contributed by atoms with van der Waals surface area (Å²) in [5.41, 5.74) is 3.28. The van der Waals surface area contributed by atoms with Crippen molar-refractivity contribution in [3.05, 3.63) is 12.7 Å². The zero-order valence-electron chi connectivity index (χ0n) is 13.4. The van der Waals surface area contributed by atoms with E-state index in [1.165, 1.54) is 0 Å². The van der Waals surface area contributed by atoms with Crippen LogP contribution in [0, 0.1) is 11.5 Å². The molecule has 0 fully saturated rings. The summed E-state index contributed by atoms with van der Waals surface area (Å²) in [6, 6.07) is 0. The van der Waals surface area contributed by atoms with E-state index in [-0.39, 0.29) is 36.5 Å². The molecule has 0 saturated carbocycles. The van der Waals surface area contributed by atoms with Crippen molar-refractivity contribution in [2.45, 2.75) is 63.8 Å². The maximum Gasteiger partial charge on any atom is 2.00 e. The molecule has 0 radical (unpaired) electrons. The van der Waals surface area contributed by atoms with Crippen molar-refractivity contribution in [1.29, 1.82) is 0 Å². The van der Waals surface area contributed by atoms with Crippen LogP contribution in [-0.4, -0.2) is 21.4 Å². The minimum absolute atomic E-state index is 0. The van der Waals surface area contributed by atoms with Gasteiger partial charge < -0.3 is 22.1 Å². The fraction of sp³-hybridized carbons (Fsp3) is 0.714. The Morgan fingerprint density at radius 1 is 1.16 bits per heavy atom. The molecule has 1 nitrogen and oxygen atoms in total. The van der Waals surface area contributed by atoms with Crippen LogP contribution in [0.3, 0.4) is 0 Å². The molecule has 5 heteroatoms. The predicted octanol–water partition coefficient (Wildman–Crippen LogP) is 0.202. The number of rotatable bonds is 5. The predicted molar refractivity (Wildman–Crippen MR) is 81.2 cm³/mol. The van der Waals surface area contributed by atoms with E-state index in [1.807, 2.05) is 6.08 Å². The van der Waals surface area contributed by atoms with Gasteiger partial charge in [-0.2, -0.15) is 0 Å². The summed E-state index contributed by atoms with van der Waals surface area (Å²) in [6.45, 7) is 16.7. The molecular formula is C14H27BrOSi2Zn. The molecule has 1 atom stereocenters. The molecular weight excluding hydrogens is 386 g/mol. The van der Waals surface area contributed by atoms with Crippen LogP contribution in [-0.2, 0) is 19.5 Å². The standard InChI is InChI=1S/C14H27OSi2.BrH.Zn/c1-8-9-10-11-14(15,17(5,6)7)12-13-16(2,3)4;;/h8H,1,9-11H2,2-7H3;1H;/q-1;;+2/p-1. The summed E-state index contributed by atoms with van der Waals surface area (Å²) in [5.74, 6) is 3.12. The second-order valence-corrected chi connectivity index (χ2v) is 16.8. The quantitative estimate of drug-likeness (QED) is 0.274. The first-order valence-corrected chi connectivity index (χ1v) is 13.4. The normalized spacial score (nSPS) is 14.1. The van der Waals surface area contributed by atoms with E-state index in [2.05, 4.69) is 57.3 Å². The molecule has 106 valence electrons. The van der Waals surface area contributed by atoms with Gasteiger partial charge in [0.15, 0.2) is 0 Å². The summed E-state index contributed by atoms with van der Waals surface area (Å²) in [7, 11) is -3.25. The second-order valence-electron chi connectivity index (χ2n) is 6.76. The molecule has 0 aromatic rings. The Morgan fingerprint density at radius 3 is 1.95 bits per heavy atom. The Labute approximate surface area is 145 Å². The molecule has 0 amide bonds. The Bertz CT molecular complexity index is 323. The average molecular weight is 413 g/mol. The SMILES string of the molecule is C=CCCCC([O-])(C#C[Si](C)(C)C)[Si](C)(C)C.[Br-].[Zn+2]. The largest absolute Gasteiger partial charge is 2.00 e. The van der Waals surface area contributed by atoms with Crippen LogP contribution in [0.25, 0.3) is 0 Å². The van der Waals surface area contributed by atoms with E-state index >= 15 is 0 Å². The average Bonchev–Trinajstić information content (AvgIpc) is 2.12. The Morgan fingerprint density at radius 2 is 1.63 bits per heavy atom. The van der Waals surface area contributed by atoms with Gasteiger partial charge in [-0.25, -0.2) is 0 Å². The van der Waals surface area contributed by atoms with Gasteiger partial charge in [0, 0.05) is 8.07 Å². The van der Waals surface area contributed by atoms with Crippen LogP contribution in [0.2, 0.25) is 39.3 Å². The Balaban J connectivity index is -0.00000128. The van der Waals surface area contributed by atoms with E-state index in [0.717, 1.165) is 12.8 Å². The summed E-state index contributed by atoms with van der Waals surface area (Å²) < 4.78 is 0. The molecule has 0 rings (SSSR count). The molecule has 0 aliphatic rings. The van der Waals surface area contributed by atoms with Crippen molar-refractivity contribution >= 4 is 16.1 Å². The molecule has 1 unspecified atom stereocenters. The minimum Gasteiger partial charge on any atom is -1.00 e. The second kappa shape index (κ2) is 9.68. The molecule has 0 N–H and O–H groups in total. The first-order chi connectivity index (χ1) is 7.52. The van der Waals surface area contributed by atoms with Crippen molar-refractivity contribution < 1.29 is 41.6 Å². The van der Waals surface area contributed by atoms with E-state index in [4.69, 9.17) is 0 Å². The molecule has 0 aromatic heterocycles. The van der Waals surface area contributed by atoms with E-state index < -0.39 is 21.4 Å². The van der Waals surface area contributed by atoms with Crippen molar-refractivity contribution in [2.75, 3.05) is 0 Å². The molecule has 19 heavy (non-hydrogen) atoms. The summed E-state index contributed by atoms with van der Waals surface area (Å²) in [4.78, 5) is 0. The van der Waals surface area contributed by atoms with Crippen LogP contribution < -0.4 is 22.1 Å². The van der Waals surface area contributed by atoms with E-state index in [0.29, 0.717) is 6.42 Å². The van der Waals surface area contributed by atoms with Gasteiger partial charge in [-0.05, 0) is 12.8 Å². The van der Waals surface area contributed by atoms with E-state index in [1.54, 1.807) is 0 Å². The Kier molecular flexibility index (Phi) is 12.6. The molecule has 0 heterocycles. The fourth-order valence-electron chi connectivity index (χ4n) is 1.41. The zero-order valence-corrected chi connectivity index (χ0v) is 20.0. The van der Waals surface area contributed by atoms with E-state index in [9.17, 15) is 5.11 Å². The van der Waals surface area contributed by atoms with Crippen molar-refractivity contribution in [3.8, 4) is 11.5 Å². The summed E-state index contributed by atoms with van der Waals surface area (Å²) >= 11 is 0. The van der Waals surface area contributed by atoms with Crippen LogP contribution in [0.1, 0.15) is 19.3 Å². The smallest absolute Gasteiger partial charge is 1.00 e. The van der Waals surface area contributed by atoms with Crippen LogP contribution in [0.15, 0.2) is 12.7 Å². The molecule has 0 bridgehead atoms. The maximum atomic E-state index is 12.9. The molecule has 0 spiro atoms. The van der Waals surface area contributed by atoms with Crippen LogP contribution in [0.5, 0.6) is 0 Å². The number of hydrogen-bond donors (Lipinski definition) is 0. The third kappa shape index (κ3) is 10.2. The molecule has 0 aromatic carbocycles. The monoisotopic (exact) mass is 410 g/mol. The number of allylic oxidation sites excluding steroid dienone is 1. The van der Waals surface area contributed by atoms with Gasteiger partial charge in [0.05, 0.1) is 0 Å². The van der Waals surface area contributed by atoms with Crippen molar-refractivity contribution in [2.24, 2.45) is 0 Å². The van der Waals surface area contributed by atoms with Crippen LogP contribution >= 0.6 is 0 Å². The summed E-state index contributed by atoms with van der Waals surface area (Å²) in [6.07, 6.45) is 4.39. The third-order valence-corrected chi connectivity index (χ3v) is 6.46. The molecule has 0 aliphatic carbocycles. The number of unbranched alkanes of at least 4 members (excludes halogenated alkanes) is 1. The van der Waals surface area contributed by atoms with Gasteiger partial charge in [0.1, 0.15) is 8.07 Å². The van der Waals surface area contributed by atoms with Gasteiger partial charge in [0.2, 0.25) is 0 Å². The van der Waals surface area contributed by atoms with Gasteiger partial charge in [0.25, 0.3) is 0 Å². The van der Waals surface area contributed by atoms with Crippen LogP contribution in [0.4, 0.5) is 0 Å². The van der Waals surface area contributed by atoms with Gasteiger partial charge in [-0.1, -0.05) is 57.0 Å². The third-order valence-electron chi connectivity index (χ3n) is 2.79. The van der Waals surface area contributed by atoms with Gasteiger partial charge in [-0.15, -0.1) is 18.0 Å². The number of hydrogen-bond acceptors (Lipinski definition) is 1. The minimum atomic E-state index is -1.80. The molecule has 0 saturated heterocycles. The first kappa shape index (κ1) is 24.8. The topological polar surface area (TPSA) is 23.1 Å². The van der Waals surface area contributed by atoms with Crippen molar-refractivity contribution in [1.82, 2.24) is 0 Å². The number of halogens is 1. The summed E-state index contributed by atoms with van der Waals surface area (Å²) in [5, 5.41) is 11.9. The van der Waals surface area contributed by atoms with Gasteiger partial charge >= 0.3 is 19.5 Å².